The van der Waals surface area contributed by atoms with Gasteiger partial charge in [-0.3, -0.25) is 9.48 Å². The normalized spacial score (nSPS) is 11.2. The monoisotopic (exact) mass is 267 g/mol. The second-order valence-electron chi connectivity index (χ2n) is 3.89. The molecule has 0 spiro atoms. The van der Waals surface area contributed by atoms with E-state index in [2.05, 4.69) is 25.5 Å². The van der Waals surface area contributed by atoms with Gasteiger partial charge in [-0.15, -0.1) is 0 Å². The van der Waals surface area contributed by atoms with E-state index in [1.165, 1.54) is 7.11 Å². The van der Waals surface area contributed by atoms with E-state index in [1.807, 2.05) is 20.0 Å². The molecule has 0 aliphatic rings. The Kier molecular flexibility index (Phi) is 6.42. The standard InChI is InChI=1S/C12H21N5O2/c1-4-13-12(14-7-6-11(18)19-3)15-9-10-5-8-16-17(10)2/h5,8H,4,6-7,9H2,1-3H3,(H2,13,14,15). The fourth-order valence-corrected chi connectivity index (χ4v) is 1.44. The Balaban J connectivity index is 2.47. The largest absolute Gasteiger partial charge is 0.469 e. The Hall–Kier alpha value is -2.05. The zero-order valence-electron chi connectivity index (χ0n) is 11.6. The first-order chi connectivity index (χ1) is 9.17. The number of methoxy groups -OCH3 is 1. The molecule has 0 saturated carbocycles. The first-order valence-corrected chi connectivity index (χ1v) is 6.23. The summed E-state index contributed by atoms with van der Waals surface area (Å²) in [7, 11) is 3.26. The van der Waals surface area contributed by atoms with Crippen molar-refractivity contribution in [3.05, 3.63) is 18.0 Å². The molecule has 0 radical (unpaired) electrons. The lowest BCUT2D eigenvalue weighted by molar-refractivity contribution is -0.140. The lowest BCUT2D eigenvalue weighted by Crippen LogP contribution is -2.38. The van der Waals surface area contributed by atoms with E-state index < -0.39 is 0 Å². The third-order valence-electron chi connectivity index (χ3n) is 2.52. The van der Waals surface area contributed by atoms with Crippen molar-refractivity contribution < 1.29 is 9.53 Å². The maximum Gasteiger partial charge on any atom is 0.307 e. The Morgan fingerprint density at radius 3 is 2.89 bits per heavy atom. The van der Waals surface area contributed by atoms with Crippen molar-refractivity contribution in [2.75, 3.05) is 20.2 Å². The molecular formula is C12H21N5O2. The smallest absolute Gasteiger partial charge is 0.307 e. The molecule has 7 heteroatoms. The quantitative estimate of drug-likeness (QED) is 0.432. The van der Waals surface area contributed by atoms with Gasteiger partial charge in [0.25, 0.3) is 0 Å². The summed E-state index contributed by atoms with van der Waals surface area (Å²) < 4.78 is 6.36. The van der Waals surface area contributed by atoms with E-state index in [-0.39, 0.29) is 5.97 Å². The van der Waals surface area contributed by atoms with Crippen LogP contribution in [0, 0.1) is 0 Å². The zero-order valence-corrected chi connectivity index (χ0v) is 11.6. The summed E-state index contributed by atoms with van der Waals surface area (Å²) in [6.07, 6.45) is 2.05. The minimum Gasteiger partial charge on any atom is -0.469 e. The molecule has 1 aromatic heterocycles. The van der Waals surface area contributed by atoms with E-state index in [4.69, 9.17) is 0 Å². The van der Waals surface area contributed by atoms with Crippen LogP contribution < -0.4 is 10.6 Å². The first kappa shape index (κ1) is 15.0. The average molecular weight is 267 g/mol. The number of carbonyl (C=O) groups excluding carboxylic acids is 1. The molecule has 19 heavy (non-hydrogen) atoms. The van der Waals surface area contributed by atoms with Crippen molar-refractivity contribution in [3.63, 3.8) is 0 Å². The lowest BCUT2D eigenvalue weighted by Gasteiger charge is -2.10. The van der Waals surface area contributed by atoms with Crippen LogP contribution in [0.25, 0.3) is 0 Å². The van der Waals surface area contributed by atoms with Crippen molar-refractivity contribution in [2.45, 2.75) is 19.9 Å². The number of esters is 1. The summed E-state index contributed by atoms with van der Waals surface area (Å²) in [4.78, 5) is 15.4. The van der Waals surface area contributed by atoms with Crippen LogP contribution in [-0.4, -0.2) is 41.9 Å². The number of aromatic nitrogens is 2. The number of hydrogen-bond acceptors (Lipinski definition) is 4. The number of guanidine groups is 1. The lowest BCUT2D eigenvalue weighted by atomic mass is 10.4. The summed E-state index contributed by atoms with van der Waals surface area (Å²) in [5, 5.41) is 10.3. The number of aryl methyl sites for hydroxylation is 1. The maximum atomic E-state index is 11.0. The number of hydrogen-bond donors (Lipinski definition) is 2. The molecule has 1 heterocycles. The van der Waals surface area contributed by atoms with Crippen LogP contribution in [0.4, 0.5) is 0 Å². The minimum atomic E-state index is -0.241. The van der Waals surface area contributed by atoms with Crippen LogP contribution in [-0.2, 0) is 23.1 Å². The topological polar surface area (TPSA) is 80.5 Å². The highest BCUT2D eigenvalue weighted by atomic mass is 16.5. The van der Waals surface area contributed by atoms with Crippen LogP contribution in [0.15, 0.2) is 17.3 Å². The van der Waals surface area contributed by atoms with E-state index in [1.54, 1.807) is 10.9 Å². The number of nitrogens with one attached hydrogen (secondary N) is 2. The second kappa shape index (κ2) is 8.12. The zero-order chi connectivity index (χ0) is 14.1. The molecule has 1 rings (SSSR count). The van der Waals surface area contributed by atoms with Gasteiger partial charge in [0.15, 0.2) is 5.96 Å². The van der Waals surface area contributed by atoms with Gasteiger partial charge in [-0.25, -0.2) is 4.99 Å². The molecule has 7 nitrogen and oxygen atoms in total. The number of ether oxygens (including phenoxy) is 1. The fraction of sp³-hybridized carbons (Fsp3) is 0.583. The molecule has 0 aliphatic carbocycles. The SMILES string of the molecule is CCNC(=NCc1ccnn1C)NCCC(=O)OC. The fourth-order valence-electron chi connectivity index (χ4n) is 1.44. The predicted molar refractivity (Wildman–Crippen MR) is 72.7 cm³/mol. The summed E-state index contributed by atoms with van der Waals surface area (Å²) in [5.41, 5.74) is 1.02. The van der Waals surface area contributed by atoms with Gasteiger partial charge >= 0.3 is 5.97 Å². The van der Waals surface area contributed by atoms with Crippen LogP contribution in [0.1, 0.15) is 19.0 Å². The van der Waals surface area contributed by atoms with Gasteiger partial charge in [0.1, 0.15) is 0 Å². The van der Waals surface area contributed by atoms with Gasteiger partial charge in [-0.2, -0.15) is 5.10 Å². The van der Waals surface area contributed by atoms with E-state index in [0.717, 1.165) is 12.2 Å². The molecule has 0 bridgehead atoms. The van der Waals surface area contributed by atoms with Crippen LogP contribution in [0.3, 0.4) is 0 Å². The van der Waals surface area contributed by atoms with Gasteiger partial charge in [0.05, 0.1) is 25.8 Å². The molecule has 0 saturated heterocycles. The Morgan fingerprint density at radius 2 is 2.32 bits per heavy atom. The summed E-state index contributed by atoms with van der Waals surface area (Å²) in [6.45, 7) is 3.77. The van der Waals surface area contributed by atoms with Crippen molar-refractivity contribution in [1.82, 2.24) is 20.4 Å². The highest BCUT2D eigenvalue weighted by molar-refractivity contribution is 5.80. The summed E-state index contributed by atoms with van der Waals surface area (Å²) in [5.74, 6) is 0.433. The van der Waals surface area contributed by atoms with Crippen molar-refractivity contribution in [2.24, 2.45) is 12.0 Å². The van der Waals surface area contributed by atoms with Gasteiger partial charge < -0.3 is 15.4 Å². The molecule has 0 fully saturated rings. The summed E-state index contributed by atoms with van der Waals surface area (Å²) >= 11 is 0. The van der Waals surface area contributed by atoms with E-state index in [0.29, 0.717) is 25.5 Å². The van der Waals surface area contributed by atoms with Gasteiger partial charge in [-0.1, -0.05) is 0 Å². The molecule has 0 atom stereocenters. The molecule has 1 aromatic rings. The second-order valence-corrected chi connectivity index (χ2v) is 3.89. The molecule has 0 unspecified atom stereocenters. The number of aliphatic imine (C=N–C) groups is 1. The molecule has 2 N–H and O–H groups in total. The van der Waals surface area contributed by atoms with Gasteiger partial charge in [0, 0.05) is 26.3 Å². The minimum absolute atomic E-state index is 0.241. The van der Waals surface area contributed by atoms with Gasteiger partial charge in [-0.05, 0) is 13.0 Å². The van der Waals surface area contributed by atoms with Crippen LogP contribution in [0.2, 0.25) is 0 Å². The first-order valence-electron chi connectivity index (χ1n) is 6.23. The number of nitrogens with zero attached hydrogens (tertiary/aromatic N) is 3. The molecule has 0 aromatic carbocycles. The third kappa shape index (κ3) is 5.41. The van der Waals surface area contributed by atoms with Gasteiger partial charge in [0.2, 0.25) is 0 Å². The van der Waals surface area contributed by atoms with Crippen molar-refractivity contribution in [1.29, 1.82) is 0 Å². The maximum absolute atomic E-state index is 11.0. The molecule has 106 valence electrons. The van der Waals surface area contributed by atoms with E-state index >= 15 is 0 Å². The predicted octanol–water partition coefficient (Wildman–Crippen LogP) is 0.0383. The number of rotatable bonds is 6. The molecule has 0 amide bonds. The van der Waals surface area contributed by atoms with Crippen LogP contribution in [0.5, 0.6) is 0 Å². The Morgan fingerprint density at radius 1 is 1.53 bits per heavy atom. The highest BCUT2D eigenvalue weighted by Crippen LogP contribution is 1.97. The Bertz CT molecular complexity index is 428. The highest BCUT2D eigenvalue weighted by Gasteiger charge is 2.02. The Labute approximate surface area is 113 Å². The summed E-state index contributed by atoms with van der Waals surface area (Å²) in [6, 6.07) is 1.92. The van der Waals surface area contributed by atoms with E-state index in [9.17, 15) is 4.79 Å². The van der Waals surface area contributed by atoms with Crippen molar-refractivity contribution >= 4 is 11.9 Å². The van der Waals surface area contributed by atoms with Crippen LogP contribution >= 0.6 is 0 Å². The van der Waals surface area contributed by atoms with Crippen molar-refractivity contribution in [3.8, 4) is 0 Å². The third-order valence-corrected chi connectivity index (χ3v) is 2.52. The molecule has 0 aliphatic heterocycles. The molecular weight excluding hydrogens is 246 g/mol. The average Bonchev–Trinajstić information content (AvgIpc) is 2.81. The number of carbonyl (C=O) groups is 1.